The lowest BCUT2D eigenvalue weighted by Crippen LogP contribution is -2.15. The van der Waals surface area contributed by atoms with Gasteiger partial charge in [0.25, 0.3) is 0 Å². The Kier molecular flexibility index (Phi) is 6.89. The predicted octanol–water partition coefficient (Wildman–Crippen LogP) is 3.74. The van der Waals surface area contributed by atoms with Crippen molar-refractivity contribution in [3.63, 3.8) is 0 Å². The molecule has 1 aromatic rings. The second-order valence-corrected chi connectivity index (χ2v) is 5.31. The van der Waals surface area contributed by atoms with Gasteiger partial charge in [-0.25, -0.2) is 0 Å². The topological polar surface area (TPSA) is 55.1 Å². The average Bonchev–Trinajstić information content (AvgIpc) is 2.39. The molecule has 3 nitrogen and oxygen atoms in total. The first-order chi connectivity index (χ1) is 9.06. The third-order valence-electron chi connectivity index (χ3n) is 3.39. The minimum absolute atomic E-state index is 0.0374. The van der Waals surface area contributed by atoms with Crippen LogP contribution in [0.3, 0.4) is 0 Å². The number of anilines is 1. The zero-order valence-corrected chi connectivity index (χ0v) is 12.5. The lowest BCUT2D eigenvalue weighted by atomic mass is 9.96. The number of hydrogen-bond donors (Lipinski definition) is 2. The molecule has 4 heteroatoms. The molecule has 0 aromatic heterocycles. The van der Waals surface area contributed by atoms with Crippen molar-refractivity contribution in [2.24, 2.45) is 11.7 Å². The van der Waals surface area contributed by atoms with Gasteiger partial charge in [-0.2, -0.15) is 0 Å². The number of hydrogen-bond acceptors (Lipinski definition) is 2. The van der Waals surface area contributed by atoms with E-state index in [1.807, 2.05) is 19.1 Å². The van der Waals surface area contributed by atoms with Gasteiger partial charge in [-0.1, -0.05) is 31.0 Å². The largest absolute Gasteiger partial charge is 0.330 e. The zero-order valence-electron chi connectivity index (χ0n) is 11.7. The molecule has 0 heterocycles. The molecular formula is C15H23ClN2O. The Morgan fingerprint density at radius 2 is 2.16 bits per heavy atom. The summed E-state index contributed by atoms with van der Waals surface area (Å²) in [6.07, 6.45) is 3.48. The number of benzene rings is 1. The Morgan fingerprint density at radius 3 is 2.74 bits per heavy atom. The summed E-state index contributed by atoms with van der Waals surface area (Å²) in [5.41, 5.74) is 7.32. The highest BCUT2D eigenvalue weighted by Crippen LogP contribution is 2.21. The van der Waals surface area contributed by atoms with Crippen LogP contribution in [0.2, 0.25) is 5.02 Å². The molecule has 1 amide bonds. The van der Waals surface area contributed by atoms with Crippen molar-refractivity contribution in [1.82, 2.24) is 0 Å². The molecule has 1 unspecified atom stereocenters. The summed E-state index contributed by atoms with van der Waals surface area (Å²) in [5.74, 6) is 0.577. The van der Waals surface area contributed by atoms with Gasteiger partial charge in [0.2, 0.25) is 5.91 Å². The molecule has 0 fully saturated rings. The van der Waals surface area contributed by atoms with Gasteiger partial charge in [-0.15, -0.1) is 0 Å². The van der Waals surface area contributed by atoms with Crippen molar-refractivity contribution >= 4 is 23.2 Å². The second kappa shape index (κ2) is 8.18. The van der Waals surface area contributed by atoms with Gasteiger partial charge in [-0.3, -0.25) is 4.79 Å². The van der Waals surface area contributed by atoms with Gasteiger partial charge in [0, 0.05) is 17.1 Å². The van der Waals surface area contributed by atoms with Crippen molar-refractivity contribution < 1.29 is 4.79 Å². The summed E-state index contributed by atoms with van der Waals surface area (Å²) in [7, 11) is 0. The molecule has 106 valence electrons. The average molecular weight is 283 g/mol. The zero-order chi connectivity index (χ0) is 14.3. The monoisotopic (exact) mass is 282 g/mol. The molecule has 1 rings (SSSR count). The molecule has 0 radical (unpaired) electrons. The molecule has 0 aliphatic heterocycles. The molecule has 1 atom stereocenters. The SMILES string of the molecule is CCC(CCN)CCC(=O)Nc1ccc(C)c(Cl)c1. The maximum absolute atomic E-state index is 11.8. The van der Waals surface area contributed by atoms with Gasteiger partial charge in [-0.05, 0) is 49.9 Å². The Labute approximate surface area is 120 Å². The summed E-state index contributed by atoms with van der Waals surface area (Å²) >= 11 is 6.02. The number of nitrogens with two attached hydrogens (primary N) is 1. The van der Waals surface area contributed by atoms with Gasteiger partial charge >= 0.3 is 0 Å². The number of carbonyl (C=O) groups is 1. The molecule has 0 saturated carbocycles. The molecule has 0 aliphatic rings. The molecular weight excluding hydrogens is 260 g/mol. The van der Waals surface area contributed by atoms with E-state index in [-0.39, 0.29) is 5.91 Å². The Balaban J connectivity index is 2.44. The fourth-order valence-electron chi connectivity index (χ4n) is 2.02. The minimum atomic E-state index is 0.0374. The molecule has 1 aromatic carbocycles. The highest BCUT2D eigenvalue weighted by molar-refractivity contribution is 6.31. The van der Waals surface area contributed by atoms with Gasteiger partial charge in [0.1, 0.15) is 0 Å². The standard InChI is InChI=1S/C15H23ClN2O/c1-3-12(8-9-17)5-7-15(19)18-13-6-4-11(2)14(16)10-13/h4,6,10,12H,3,5,7-9,17H2,1-2H3,(H,18,19). The first-order valence-corrected chi connectivity index (χ1v) is 7.20. The molecule has 0 aliphatic carbocycles. The summed E-state index contributed by atoms with van der Waals surface area (Å²) in [6, 6.07) is 5.56. The summed E-state index contributed by atoms with van der Waals surface area (Å²) in [5, 5.41) is 3.55. The predicted molar refractivity (Wildman–Crippen MR) is 81.5 cm³/mol. The van der Waals surface area contributed by atoms with Crippen LogP contribution in [0.25, 0.3) is 0 Å². The van der Waals surface area contributed by atoms with Gasteiger partial charge in [0.05, 0.1) is 0 Å². The summed E-state index contributed by atoms with van der Waals surface area (Å²) < 4.78 is 0. The van der Waals surface area contributed by atoms with Crippen LogP contribution in [0.5, 0.6) is 0 Å². The normalized spacial score (nSPS) is 12.2. The number of nitrogens with one attached hydrogen (secondary N) is 1. The quantitative estimate of drug-likeness (QED) is 0.800. The number of aryl methyl sites for hydroxylation is 1. The number of halogens is 1. The van der Waals surface area contributed by atoms with E-state index in [1.54, 1.807) is 6.07 Å². The van der Waals surface area contributed by atoms with Crippen molar-refractivity contribution in [1.29, 1.82) is 0 Å². The molecule has 0 bridgehead atoms. The number of rotatable bonds is 7. The Hall–Kier alpha value is -1.06. The van der Waals surface area contributed by atoms with Crippen LogP contribution in [-0.4, -0.2) is 12.5 Å². The highest BCUT2D eigenvalue weighted by Gasteiger charge is 2.09. The van der Waals surface area contributed by atoms with Crippen LogP contribution in [0, 0.1) is 12.8 Å². The van der Waals surface area contributed by atoms with Gasteiger partial charge < -0.3 is 11.1 Å². The van der Waals surface area contributed by atoms with E-state index in [9.17, 15) is 4.79 Å². The minimum Gasteiger partial charge on any atom is -0.330 e. The van der Waals surface area contributed by atoms with Crippen molar-refractivity contribution in [3.05, 3.63) is 28.8 Å². The van der Waals surface area contributed by atoms with Crippen LogP contribution in [0.4, 0.5) is 5.69 Å². The van der Waals surface area contributed by atoms with E-state index in [2.05, 4.69) is 12.2 Å². The van der Waals surface area contributed by atoms with E-state index in [1.165, 1.54) is 0 Å². The maximum Gasteiger partial charge on any atom is 0.224 e. The fourth-order valence-corrected chi connectivity index (χ4v) is 2.20. The van der Waals surface area contributed by atoms with Crippen LogP contribution in [-0.2, 0) is 4.79 Å². The van der Waals surface area contributed by atoms with Crippen molar-refractivity contribution in [3.8, 4) is 0 Å². The van der Waals surface area contributed by atoms with E-state index in [0.29, 0.717) is 23.9 Å². The van der Waals surface area contributed by atoms with E-state index >= 15 is 0 Å². The van der Waals surface area contributed by atoms with Crippen molar-refractivity contribution in [2.45, 2.75) is 39.5 Å². The number of amides is 1. The van der Waals surface area contributed by atoms with Crippen molar-refractivity contribution in [2.75, 3.05) is 11.9 Å². The second-order valence-electron chi connectivity index (χ2n) is 4.90. The first kappa shape index (κ1) is 16.0. The van der Waals surface area contributed by atoms with E-state index in [0.717, 1.165) is 30.5 Å². The Morgan fingerprint density at radius 1 is 1.42 bits per heavy atom. The lowest BCUT2D eigenvalue weighted by molar-refractivity contribution is -0.116. The summed E-state index contributed by atoms with van der Waals surface area (Å²) in [4.78, 5) is 11.8. The third-order valence-corrected chi connectivity index (χ3v) is 3.79. The van der Waals surface area contributed by atoms with E-state index < -0.39 is 0 Å². The van der Waals surface area contributed by atoms with Crippen LogP contribution in [0.1, 0.15) is 38.2 Å². The van der Waals surface area contributed by atoms with Gasteiger partial charge in [0.15, 0.2) is 0 Å². The van der Waals surface area contributed by atoms with E-state index in [4.69, 9.17) is 17.3 Å². The van der Waals surface area contributed by atoms with Crippen LogP contribution >= 0.6 is 11.6 Å². The molecule has 0 saturated heterocycles. The number of carbonyl (C=O) groups excluding carboxylic acids is 1. The molecule has 19 heavy (non-hydrogen) atoms. The highest BCUT2D eigenvalue weighted by atomic mass is 35.5. The Bertz CT molecular complexity index is 421. The third kappa shape index (κ3) is 5.62. The summed E-state index contributed by atoms with van der Waals surface area (Å²) in [6.45, 7) is 4.76. The fraction of sp³-hybridized carbons (Fsp3) is 0.533. The molecule has 3 N–H and O–H groups in total. The van der Waals surface area contributed by atoms with Crippen LogP contribution in [0.15, 0.2) is 18.2 Å². The first-order valence-electron chi connectivity index (χ1n) is 6.82. The smallest absolute Gasteiger partial charge is 0.224 e. The van der Waals surface area contributed by atoms with Crippen LogP contribution < -0.4 is 11.1 Å². The maximum atomic E-state index is 11.8. The molecule has 0 spiro atoms. The lowest BCUT2D eigenvalue weighted by Gasteiger charge is -2.13.